The lowest BCUT2D eigenvalue weighted by Gasteiger charge is -2.13. The third kappa shape index (κ3) is 3.58. The number of hydrogen-bond acceptors (Lipinski definition) is 3. The molecule has 0 aliphatic heterocycles. The second-order valence-corrected chi connectivity index (χ2v) is 5.73. The van der Waals surface area contributed by atoms with Crippen LogP contribution in [0, 0.1) is 6.92 Å². The molecule has 4 heteroatoms. The highest BCUT2D eigenvalue weighted by atomic mass is 35.5. The molecule has 0 amide bonds. The molecule has 0 heterocycles. The molecule has 0 spiro atoms. The third-order valence-electron chi connectivity index (χ3n) is 3.60. The standard InChI is InChI=1S/C19H18ClN3/c1-13-7-12-17(19(21)18(13)20)23-16-10-8-15(9-11-16)22-14-5-3-2-4-6-14/h2-12,22-23H,21H2,1H3. The molecular formula is C19H18ClN3. The highest BCUT2D eigenvalue weighted by Crippen LogP contribution is 2.32. The summed E-state index contributed by atoms with van der Waals surface area (Å²) in [5, 5.41) is 7.24. The Labute approximate surface area is 141 Å². The van der Waals surface area contributed by atoms with Gasteiger partial charge in [0, 0.05) is 17.1 Å². The molecule has 0 unspecified atom stereocenters. The van der Waals surface area contributed by atoms with E-state index in [9.17, 15) is 0 Å². The molecule has 3 aromatic carbocycles. The predicted octanol–water partition coefficient (Wildman–Crippen LogP) is 5.72. The zero-order valence-electron chi connectivity index (χ0n) is 12.8. The number of halogens is 1. The van der Waals surface area contributed by atoms with Crippen LogP contribution >= 0.6 is 11.6 Å². The maximum Gasteiger partial charge on any atom is 0.0745 e. The Bertz CT molecular complexity index is 799. The molecule has 0 aliphatic rings. The fraction of sp³-hybridized carbons (Fsp3) is 0.0526. The van der Waals surface area contributed by atoms with Gasteiger partial charge in [-0.1, -0.05) is 35.9 Å². The van der Waals surface area contributed by atoms with Crippen molar-refractivity contribution < 1.29 is 0 Å². The number of anilines is 5. The van der Waals surface area contributed by atoms with Crippen LogP contribution in [0.3, 0.4) is 0 Å². The van der Waals surface area contributed by atoms with Crippen molar-refractivity contribution in [1.29, 1.82) is 0 Å². The monoisotopic (exact) mass is 323 g/mol. The smallest absolute Gasteiger partial charge is 0.0745 e. The summed E-state index contributed by atoms with van der Waals surface area (Å²) in [5.41, 5.74) is 11.4. The van der Waals surface area contributed by atoms with Gasteiger partial charge in [0.1, 0.15) is 0 Å². The van der Waals surface area contributed by atoms with Crippen LogP contribution in [0.25, 0.3) is 0 Å². The molecule has 0 atom stereocenters. The second kappa shape index (κ2) is 6.63. The van der Waals surface area contributed by atoms with Crippen molar-refractivity contribution in [3.8, 4) is 0 Å². The lowest BCUT2D eigenvalue weighted by molar-refractivity contribution is 1.45. The molecule has 3 nitrogen and oxygen atoms in total. The van der Waals surface area contributed by atoms with Crippen LogP contribution in [0.15, 0.2) is 66.7 Å². The fourth-order valence-corrected chi connectivity index (χ4v) is 2.46. The molecule has 23 heavy (non-hydrogen) atoms. The molecule has 0 fully saturated rings. The van der Waals surface area contributed by atoms with Crippen molar-refractivity contribution in [3.05, 3.63) is 77.3 Å². The first-order valence-electron chi connectivity index (χ1n) is 7.37. The quantitative estimate of drug-likeness (QED) is 0.538. The molecule has 0 saturated heterocycles. The van der Waals surface area contributed by atoms with E-state index in [-0.39, 0.29) is 0 Å². The van der Waals surface area contributed by atoms with Crippen molar-refractivity contribution in [2.45, 2.75) is 6.92 Å². The summed E-state index contributed by atoms with van der Waals surface area (Å²) >= 11 is 6.19. The number of rotatable bonds is 4. The van der Waals surface area contributed by atoms with Gasteiger partial charge in [-0.25, -0.2) is 0 Å². The molecule has 3 aromatic rings. The van der Waals surface area contributed by atoms with Crippen LogP contribution in [-0.2, 0) is 0 Å². The van der Waals surface area contributed by atoms with E-state index in [1.165, 1.54) is 0 Å². The summed E-state index contributed by atoms with van der Waals surface area (Å²) in [4.78, 5) is 0. The van der Waals surface area contributed by atoms with Crippen LogP contribution in [0.5, 0.6) is 0 Å². The lowest BCUT2D eigenvalue weighted by atomic mass is 10.2. The predicted molar refractivity (Wildman–Crippen MR) is 100 cm³/mol. The summed E-state index contributed by atoms with van der Waals surface area (Å²) < 4.78 is 0. The minimum absolute atomic E-state index is 0.568. The van der Waals surface area contributed by atoms with Gasteiger partial charge < -0.3 is 16.4 Å². The first-order valence-corrected chi connectivity index (χ1v) is 7.75. The molecule has 3 rings (SSSR count). The van der Waals surface area contributed by atoms with Gasteiger partial charge in [-0.15, -0.1) is 0 Å². The molecule has 0 saturated carbocycles. The zero-order chi connectivity index (χ0) is 16.2. The minimum atomic E-state index is 0.568. The summed E-state index contributed by atoms with van der Waals surface area (Å²) in [6.07, 6.45) is 0. The van der Waals surface area contributed by atoms with Gasteiger partial charge >= 0.3 is 0 Å². The summed E-state index contributed by atoms with van der Waals surface area (Å²) in [6.45, 7) is 1.94. The normalized spacial score (nSPS) is 10.3. The zero-order valence-corrected chi connectivity index (χ0v) is 13.6. The van der Waals surface area contributed by atoms with Gasteiger partial charge in [-0.05, 0) is 55.0 Å². The van der Waals surface area contributed by atoms with Crippen molar-refractivity contribution in [3.63, 3.8) is 0 Å². The Kier molecular flexibility index (Phi) is 4.40. The maximum absolute atomic E-state index is 6.19. The molecule has 4 N–H and O–H groups in total. The van der Waals surface area contributed by atoms with Crippen molar-refractivity contribution in [2.75, 3.05) is 16.4 Å². The molecule has 116 valence electrons. The van der Waals surface area contributed by atoms with Crippen molar-refractivity contribution >= 4 is 40.0 Å². The topological polar surface area (TPSA) is 50.1 Å². The summed E-state index contributed by atoms with van der Waals surface area (Å²) in [6, 6.07) is 22.0. The maximum atomic E-state index is 6.19. The van der Waals surface area contributed by atoms with Crippen LogP contribution in [0.1, 0.15) is 5.56 Å². The van der Waals surface area contributed by atoms with Gasteiger partial charge in [-0.3, -0.25) is 0 Å². The van der Waals surface area contributed by atoms with Crippen LogP contribution in [0.2, 0.25) is 5.02 Å². The third-order valence-corrected chi connectivity index (χ3v) is 4.10. The van der Waals surface area contributed by atoms with Crippen LogP contribution in [0.4, 0.5) is 28.4 Å². The molecule has 0 radical (unpaired) electrons. The average molecular weight is 324 g/mol. The highest BCUT2D eigenvalue weighted by Gasteiger charge is 2.06. The number of benzene rings is 3. The van der Waals surface area contributed by atoms with E-state index in [1.807, 2.05) is 73.7 Å². The largest absolute Gasteiger partial charge is 0.396 e. The first-order chi connectivity index (χ1) is 11.1. The number of nitrogens with two attached hydrogens (primary N) is 1. The van der Waals surface area contributed by atoms with E-state index in [4.69, 9.17) is 17.3 Å². The van der Waals surface area contributed by atoms with Gasteiger partial charge in [-0.2, -0.15) is 0 Å². The lowest BCUT2D eigenvalue weighted by Crippen LogP contribution is -1.98. The van der Waals surface area contributed by atoms with Gasteiger partial charge in [0.25, 0.3) is 0 Å². The number of hydrogen-bond donors (Lipinski definition) is 3. The Morgan fingerprint density at radius 1 is 0.739 bits per heavy atom. The van der Waals surface area contributed by atoms with Crippen molar-refractivity contribution in [1.82, 2.24) is 0 Å². The second-order valence-electron chi connectivity index (χ2n) is 5.35. The van der Waals surface area contributed by atoms with Crippen molar-refractivity contribution in [2.24, 2.45) is 0 Å². The molecule has 0 bridgehead atoms. The van der Waals surface area contributed by atoms with Gasteiger partial charge in [0.2, 0.25) is 0 Å². The van der Waals surface area contributed by atoms with E-state index in [0.29, 0.717) is 10.7 Å². The minimum Gasteiger partial charge on any atom is -0.396 e. The van der Waals surface area contributed by atoms with E-state index in [0.717, 1.165) is 28.3 Å². The summed E-state index contributed by atoms with van der Waals surface area (Å²) in [7, 11) is 0. The molecule has 0 aliphatic carbocycles. The Balaban J connectivity index is 1.74. The van der Waals surface area contributed by atoms with E-state index < -0.39 is 0 Å². The first kappa shape index (κ1) is 15.3. The Hall–Kier alpha value is -2.65. The van der Waals surface area contributed by atoms with Gasteiger partial charge in [0.05, 0.1) is 16.4 Å². The van der Waals surface area contributed by atoms with Crippen LogP contribution < -0.4 is 16.4 Å². The molecule has 0 aromatic heterocycles. The van der Waals surface area contributed by atoms with E-state index in [1.54, 1.807) is 0 Å². The van der Waals surface area contributed by atoms with Gasteiger partial charge in [0.15, 0.2) is 0 Å². The van der Waals surface area contributed by atoms with E-state index in [2.05, 4.69) is 10.6 Å². The SMILES string of the molecule is Cc1ccc(Nc2ccc(Nc3ccccc3)cc2)c(N)c1Cl. The number of para-hydroxylation sites is 1. The van der Waals surface area contributed by atoms with Crippen LogP contribution in [-0.4, -0.2) is 0 Å². The average Bonchev–Trinajstić information content (AvgIpc) is 2.58. The Morgan fingerprint density at radius 3 is 1.96 bits per heavy atom. The summed E-state index contributed by atoms with van der Waals surface area (Å²) in [5.74, 6) is 0. The number of aryl methyl sites for hydroxylation is 1. The number of nitrogen functional groups attached to an aromatic ring is 1. The van der Waals surface area contributed by atoms with E-state index >= 15 is 0 Å². The Morgan fingerprint density at radius 2 is 1.30 bits per heavy atom. The fourth-order valence-electron chi connectivity index (χ4n) is 2.29. The highest BCUT2D eigenvalue weighted by molar-refractivity contribution is 6.34. The molecular weight excluding hydrogens is 306 g/mol. The number of nitrogens with one attached hydrogen (secondary N) is 2.